The lowest BCUT2D eigenvalue weighted by Gasteiger charge is -2.14. The van der Waals surface area contributed by atoms with Crippen molar-refractivity contribution in [3.63, 3.8) is 0 Å². The Balaban J connectivity index is 1.92. The predicted octanol–water partition coefficient (Wildman–Crippen LogP) is 3.54. The lowest BCUT2D eigenvalue weighted by Crippen LogP contribution is -2.40. The van der Waals surface area contributed by atoms with Gasteiger partial charge in [0.05, 0.1) is 6.04 Å². The van der Waals surface area contributed by atoms with Crippen molar-refractivity contribution in [2.75, 3.05) is 0 Å². The average molecular weight is 303 g/mol. The Hall–Kier alpha value is -2.33. The van der Waals surface area contributed by atoms with Gasteiger partial charge >= 0.3 is 6.03 Å². The van der Waals surface area contributed by atoms with Crippen LogP contribution in [0.25, 0.3) is 0 Å². The van der Waals surface area contributed by atoms with Crippen LogP contribution in [0.1, 0.15) is 28.9 Å². The maximum atomic E-state index is 11.9. The van der Waals surface area contributed by atoms with Crippen LogP contribution in [0.2, 0.25) is 5.02 Å². The molecule has 0 aliphatic heterocycles. The molecular weight excluding hydrogens is 288 g/mol. The van der Waals surface area contributed by atoms with Gasteiger partial charge in [-0.3, -0.25) is 10.1 Å². The molecule has 0 bridgehead atoms. The van der Waals surface area contributed by atoms with Gasteiger partial charge in [-0.25, -0.2) is 4.79 Å². The Morgan fingerprint density at radius 3 is 2.24 bits per heavy atom. The molecule has 2 rings (SSSR count). The Kier molecular flexibility index (Phi) is 4.95. The number of imide groups is 1. The van der Waals surface area contributed by atoms with E-state index in [0.29, 0.717) is 10.6 Å². The fourth-order valence-corrected chi connectivity index (χ4v) is 1.96. The summed E-state index contributed by atoms with van der Waals surface area (Å²) in [5.74, 6) is -0.468. The first kappa shape index (κ1) is 15.1. The summed E-state index contributed by atoms with van der Waals surface area (Å²) in [5.41, 5.74) is 1.34. The van der Waals surface area contributed by atoms with Gasteiger partial charge in [0.1, 0.15) is 0 Å². The van der Waals surface area contributed by atoms with E-state index < -0.39 is 11.9 Å². The van der Waals surface area contributed by atoms with Gasteiger partial charge in [-0.1, -0.05) is 41.9 Å². The second-order valence-electron chi connectivity index (χ2n) is 4.57. The van der Waals surface area contributed by atoms with Crippen molar-refractivity contribution in [3.8, 4) is 0 Å². The van der Waals surface area contributed by atoms with Gasteiger partial charge in [-0.05, 0) is 36.8 Å². The van der Waals surface area contributed by atoms with E-state index in [2.05, 4.69) is 10.6 Å². The second-order valence-corrected chi connectivity index (χ2v) is 5.00. The standard InChI is InChI=1S/C16H15ClN2O2/c1-11(12-5-3-2-4-6-12)18-16(21)19-15(20)13-7-9-14(17)10-8-13/h2-11H,1H3,(H2,18,19,20,21)/t11-/m1/s1. The van der Waals surface area contributed by atoms with Crippen LogP contribution in [0.4, 0.5) is 4.79 Å². The first-order valence-electron chi connectivity index (χ1n) is 6.48. The fraction of sp³-hybridized carbons (Fsp3) is 0.125. The van der Waals surface area contributed by atoms with E-state index in [9.17, 15) is 9.59 Å². The molecule has 2 aromatic rings. The molecule has 0 aliphatic rings. The third-order valence-electron chi connectivity index (χ3n) is 2.98. The van der Waals surface area contributed by atoms with Crippen molar-refractivity contribution in [1.82, 2.24) is 10.6 Å². The molecule has 1 atom stereocenters. The number of hydrogen-bond acceptors (Lipinski definition) is 2. The van der Waals surface area contributed by atoms with Crippen molar-refractivity contribution < 1.29 is 9.59 Å². The molecule has 3 amide bonds. The number of benzene rings is 2. The molecule has 0 aromatic heterocycles. The molecule has 108 valence electrons. The van der Waals surface area contributed by atoms with E-state index in [4.69, 9.17) is 11.6 Å². The first-order chi connectivity index (χ1) is 10.1. The summed E-state index contributed by atoms with van der Waals surface area (Å²) < 4.78 is 0. The Labute approximate surface area is 128 Å². The molecule has 0 radical (unpaired) electrons. The Bertz CT molecular complexity index is 626. The molecule has 0 heterocycles. The third kappa shape index (κ3) is 4.33. The molecular formula is C16H15ClN2O2. The minimum Gasteiger partial charge on any atom is -0.331 e. The van der Waals surface area contributed by atoms with E-state index in [1.165, 1.54) is 0 Å². The van der Waals surface area contributed by atoms with E-state index in [1.54, 1.807) is 24.3 Å². The molecule has 0 fully saturated rings. The van der Waals surface area contributed by atoms with Gasteiger partial charge in [0.15, 0.2) is 0 Å². The number of carbonyl (C=O) groups excluding carboxylic acids is 2. The van der Waals surface area contributed by atoms with Gasteiger partial charge in [0.2, 0.25) is 0 Å². The predicted molar refractivity (Wildman–Crippen MR) is 82.3 cm³/mol. The number of amides is 3. The fourth-order valence-electron chi connectivity index (χ4n) is 1.83. The molecule has 2 N–H and O–H groups in total. The van der Waals surface area contributed by atoms with Gasteiger partial charge in [0, 0.05) is 10.6 Å². The van der Waals surface area contributed by atoms with Crippen LogP contribution in [-0.4, -0.2) is 11.9 Å². The largest absolute Gasteiger partial charge is 0.331 e. The first-order valence-corrected chi connectivity index (χ1v) is 6.86. The summed E-state index contributed by atoms with van der Waals surface area (Å²) >= 11 is 5.75. The number of halogens is 1. The number of carbonyl (C=O) groups is 2. The molecule has 0 saturated heterocycles. The van der Waals surface area contributed by atoms with Crippen molar-refractivity contribution in [2.24, 2.45) is 0 Å². The van der Waals surface area contributed by atoms with Crippen LogP contribution in [0, 0.1) is 0 Å². The normalized spacial score (nSPS) is 11.5. The summed E-state index contributed by atoms with van der Waals surface area (Å²) in [7, 11) is 0. The van der Waals surface area contributed by atoms with Gasteiger partial charge in [-0.15, -0.1) is 0 Å². The van der Waals surface area contributed by atoms with Crippen LogP contribution in [-0.2, 0) is 0 Å². The van der Waals surface area contributed by atoms with Crippen LogP contribution in [0.15, 0.2) is 54.6 Å². The molecule has 0 saturated carbocycles. The summed E-state index contributed by atoms with van der Waals surface area (Å²) in [5, 5.41) is 5.53. The second kappa shape index (κ2) is 6.90. The zero-order valence-electron chi connectivity index (χ0n) is 11.5. The smallest absolute Gasteiger partial charge is 0.322 e. The zero-order chi connectivity index (χ0) is 15.2. The molecule has 0 unspecified atom stereocenters. The highest BCUT2D eigenvalue weighted by atomic mass is 35.5. The molecule has 2 aromatic carbocycles. The van der Waals surface area contributed by atoms with Crippen molar-refractivity contribution in [1.29, 1.82) is 0 Å². The van der Waals surface area contributed by atoms with Crippen LogP contribution in [0.5, 0.6) is 0 Å². The topological polar surface area (TPSA) is 58.2 Å². The summed E-state index contributed by atoms with van der Waals surface area (Å²) in [6.45, 7) is 1.85. The number of nitrogens with one attached hydrogen (secondary N) is 2. The van der Waals surface area contributed by atoms with E-state index >= 15 is 0 Å². The minimum atomic E-state index is -0.536. The van der Waals surface area contributed by atoms with Crippen LogP contribution >= 0.6 is 11.6 Å². The summed E-state index contributed by atoms with van der Waals surface area (Å²) in [6, 6.07) is 15.1. The summed E-state index contributed by atoms with van der Waals surface area (Å²) in [6.07, 6.45) is 0. The Morgan fingerprint density at radius 2 is 1.62 bits per heavy atom. The third-order valence-corrected chi connectivity index (χ3v) is 3.23. The van der Waals surface area contributed by atoms with E-state index in [1.807, 2.05) is 37.3 Å². The summed E-state index contributed by atoms with van der Waals surface area (Å²) in [4.78, 5) is 23.7. The lowest BCUT2D eigenvalue weighted by atomic mass is 10.1. The van der Waals surface area contributed by atoms with Crippen LogP contribution < -0.4 is 10.6 Å². The van der Waals surface area contributed by atoms with Gasteiger partial charge in [0.25, 0.3) is 5.91 Å². The quantitative estimate of drug-likeness (QED) is 0.911. The zero-order valence-corrected chi connectivity index (χ0v) is 12.2. The van der Waals surface area contributed by atoms with Crippen molar-refractivity contribution in [3.05, 3.63) is 70.7 Å². The maximum Gasteiger partial charge on any atom is 0.322 e. The number of hydrogen-bond donors (Lipinski definition) is 2. The molecule has 0 aliphatic carbocycles. The maximum absolute atomic E-state index is 11.9. The highest BCUT2D eigenvalue weighted by Gasteiger charge is 2.13. The molecule has 4 nitrogen and oxygen atoms in total. The van der Waals surface area contributed by atoms with E-state index in [0.717, 1.165) is 5.56 Å². The molecule has 21 heavy (non-hydrogen) atoms. The van der Waals surface area contributed by atoms with E-state index in [-0.39, 0.29) is 6.04 Å². The monoisotopic (exact) mass is 302 g/mol. The molecule has 5 heteroatoms. The SMILES string of the molecule is C[C@@H](NC(=O)NC(=O)c1ccc(Cl)cc1)c1ccccc1. The van der Waals surface area contributed by atoms with Gasteiger partial charge in [-0.2, -0.15) is 0 Å². The van der Waals surface area contributed by atoms with Crippen molar-refractivity contribution >= 4 is 23.5 Å². The number of urea groups is 1. The van der Waals surface area contributed by atoms with Crippen LogP contribution in [0.3, 0.4) is 0 Å². The highest BCUT2D eigenvalue weighted by molar-refractivity contribution is 6.30. The number of rotatable bonds is 3. The minimum absolute atomic E-state index is 0.191. The highest BCUT2D eigenvalue weighted by Crippen LogP contribution is 2.11. The molecule has 0 spiro atoms. The van der Waals surface area contributed by atoms with Crippen molar-refractivity contribution in [2.45, 2.75) is 13.0 Å². The van der Waals surface area contributed by atoms with Gasteiger partial charge < -0.3 is 5.32 Å². The average Bonchev–Trinajstić information content (AvgIpc) is 2.48. The Morgan fingerprint density at radius 1 is 1.00 bits per heavy atom. The lowest BCUT2D eigenvalue weighted by molar-refractivity contribution is 0.0963.